The van der Waals surface area contributed by atoms with Gasteiger partial charge in [0, 0.05) is 19.7 Å². The van der Waals surface area contributed by atoms with Gasteiger partial charge in [0.05, 0.1) is 12.6 Å². The van der Waals surface area contributed by atoms with E-state index in [0.717, 1.165) is 31.8 Å². The van der Waals surface area contributed by atoms with Crippen molar-refractivity contribution in [1.82, 2.24) is 20.1 Å². The van der Waals surface area contributed by atoms with E-state index >= 15 is 0 Å². The quantitative estimate of drug-likeness (QED) is 0.767. The van der Waals surface area contributed by atoms with Crippen molar-refractivity contribution < 1.29 is 4.74 Å². The Kier molecular flexibility index (Phi) is 3.33. The van der Waals surface area contributed by atoms with Gasteiger partial charge in [0.25, 0.3) is 0 Å². The minimum Gasteiger partial charge on any atom is -0.378 e. The van der Waals surface area contributed by atoms with Gasteiger partial charge >= 0.3 is 0 Å². The fourth-order valence-corrected chi connectivity index (χ4v) is 1.82. The molecule has 0 unspecified atom stereocenters. The highest BCUT2D eigenvalue weighted by atomic mass is 16.5. The lowest BCUT2D eigenvalue weighted by molar-refractivity contribution is -0.0104. The van der Waals surface area contributed by atoms with Crippen molar-refractivity contribution in [2.75, 3.05) is 6.61 Å². The van der Waals surface area contributed by atoms with Gasteiger partial charge in [-0.15, -0.1) is 0 Å². The normalized spacial score (nSPS) is 25.2. The van der Waals surface area contributed by atoms with E-state index in [4.69, 9.17) is 4.74 Å². The van der Waals surface area contributed by atoms with Gasteiger partial charge in [-0.05, 0) is 19.8 Å². The standard InChI is InChI=1S/C10H18N4O/c1-3-15-9-4-8(5-9)11-6-10-12-7-13-14(10)2/h7-9,11H,3-6H2,1-2H3. The summed E-state index contributed by atoms with van der Waals surface area (Å²) >= 11 is 0. The average Bonchev–Trinajstić information content (AvgIpc) is 2.55. The first-order valence-corrected chi connectivity index (χ1v) is 5.47. The van der Waals surface area contributed by atoms with E-state index < -0.39 is 0 Å². The molecule has 1 aliphatic rings. The van der Waals surface area contributed by atoms with Crippen molar-refractivity contribution >= 4 is 0 Å². The summed E-state index contributed by atoms with van der Waals surface area (Å²) < 4.78 is 7.29. The summed E-state index contributed by atoms with van der Waals surface area (Å²) in [5.74, 6) is 0.981. The first kappa shape index (κ1) is 10.6. The summed E-state index contributed by atoms with van der Waals surface area (Å²) in [6.07, 6.45) is 4.28. The maximum atomic E-state index is 5.50. The Morgan fingerprint density at radius 2 is 2.40 bits per heavy atom. The molecule has 1 aromatic heterocycles. The predicted molar refractivity (Wildman–Crippen MR) is 56.3 cm³/mol. The highest BCUT2D eigenvalue weighted by Gasteiger charge is 2.29. The van der Waals surface area contributed by atoms with Crippen molar-refractivity contribution in [2.24, 2.45) is 7.05 Å². The van der Waals surface area contributed by atoms with Gasteiger partial charge < -0.3 is 10.1 Å². The molecule has 0 spiro atoms. The molecule has 0 bridgehead atoms. The molecule has 5 nitrogen and oxygen atoms in total. The minimum atomic E-state index is 0.465. The van der Waals surface area contributed by atoms with Crippen molar-refractivity contribution in [2.45, 2.75) is 38.5 Å². The fourth-order valence-electron chi connectivity index (χ4n) is 1.82. The maximum Gasteiger partial charge on any atom is 0.140 e. The zero-order valence-corrected chi connectivity index (χ0v) is 9.31. The van der Waals surface area contributed by atoms with E-state index in [1.165, 1.54) is 0 Å². The highest BCUT2D eigenvalue weighted by molar-refractivity contribution is 4.89. The second-order valence-corrected chi connectivity index (χ2v) is 3.93. The smallest absolute Gasteiger partial charge is 0.140 e. The van der Waals surface area contributed by atoms with Gasteiger partial charge in [-0.2, -0.15) is 5.10 Å². The summed E-state index contributed by atoms with van der Waals surface area (Å²) in [6.45, 7) is 3.65. The van der Waals surface area contributed by atoms with Crippen LogP contribution in [0.3, 0.4) is 0 Å². The van der Waals surface area contributed by atoms with Gasteiger partial charge in [-0.3, -0.25) is 4.68 Å². The molecular weight excluding hydrogens is 192 g/mol. The third-order valence-electron chi connectivity index (χ3n) is 2.85. The van der Waals surface area contributed by atoms with Crippen molar-refractivity contribution in [3.63, 3.8) is 0 Å². The molecule has 2 rings (SSSR count). The van der Waals surface area contributed by atoms with Crippen molar-refractivity contribution in [1.29, 1.82) is 0 Å². The third kappa shape index (κ3) is 2.54. The van der Waals surface area contributed by atoms with Gasteiger partial charge in [0.2, 0.25) is 0 Å². The molecule has 84 valence electrons. The number of hydrogen-bond acceptors (Lipinski definition) is 4. The molecule has 1 aromatic rings. The monoisotopic (exact) mass is 210 g/mol. The van der Waals surface area contributed by atoms with Crippen LogP contribution in [0, 0.1) is 0 Å². The van der Waals surface area contributed by atoms with E-state index in [1.807, 2.05) is 14.0 Å². The Bertz CT molecular complexity index is 306. The number of aromatic nitrogens is 3. The first-order chi connectivity index (χ1) is 7.29. The lowest BCUT2D eigenvalue weighted by Gasteiger charge is -2.35. The second-order valence-electron chi connectivity index (χ2n) is 3.93. The predicted octanol–water partition coefficient (Wildman–Crippen LogP) is 0.472. The van der Waals surface area contributed by atoms with Crippen molar-refractivity contribution in [3.05, 3.63) is 12.2 Å². The molecule has 15 heavy (non-hydrogen) atoms. The zero-order valence-electron chi connectivity index (χ0n) is 9.31. The number of nitrogens with zero attached hydrogens (tertiary/aromatic N) is 3. The summed E-state index contributed by atoms with van der Waals surface area (Å²) in [6, 6.07) is 0.582. The molecule has 1 saturated carbocycles. The molecule has 1 fully saturated rings. The first-order valence-electron chi connectivity index (χ1n) is 5.47. The van der Waals surface area contributed by atoms with Gasteiger partial charge in [0.1, 0.15) is 12.2 Å². The molecule has 0 saturated heterocycles. The lowest BCUT2D eigenvalue weighted by Crippen LogP contribution is -2.45. The summed E-state index contributed by atoms with van der Waals surface area (Å²) in [5.41, 5.74) is 0. The van der Waals surface area contributed by atoms with E-state index in [-0.39, 0.29) is 0 Å². The number of hydrogen-bond donors (Lipinski definition) is 1. The Morgan fingerprint density at radius 1 is 1.60 bits per heavy atom. The molecule has 0 radical (unpaired) electrons. The van der Waals surface area contributed by atoms with Crippen molar-refractivity contribution in [3.8, 4) is 0 Å². The SMILES string of the molecule is CCOC1CC(NCc2ncnn2C)C1. The molecule has 0 atom stereocenters. The van der Waals surface area contributed by atoms with E-state index in [1.54, 1.807) is 11.0 Å². The molecule has 1 aliphatic carbocycles. The van der Waals surface area contributed by atoms with Crippen LogP contribution >= 0.6 is 0 Å². The molecule has 0 aromatic carbocycles. The Balaban J connectivity index is 1.66. The largest absolute Gasteiger partial charge is 0.378 e. The van der Waals surface area contributed by atoms with Crippen LogP contribution in [-0.2, 0) is 18.3 Å². The Morgan fingerprint density at radius 3 is 3.00 bits per heavy atom. The van der Waals surface area contributed by atoms with E-state index in [9.17, 15) is 0 Å². The van der Waals surface area contributed by atoms with Crippen LogP contribution in [-0.4, -0.2) is 33.5 Å². The second kappa shape index (κ2) is 4.72. The molecule has 1 N–H and O–H groups in total. The molecule has 1 heterocycles. The van der Waals surface area contributed by atoms with Crippen LogP contribution in [0.1, 0.15) is 25.6 Å². The molecular formula is C10H18N4O. The van der Waals surface area contributed by atoms with Crippen LogP contribution in [0.25, 0.3) is 0 Å². The minimum absolute atomic E-state index is 0.465. The molecule has 5 heteroatoms. The van der Waals surface area contributed by atoms with Gasteiger partial charge in [-0.1, -0.05) is 0 Å². The van der Waals surface area contributed by atoms with Crippen LogP contribution in [0.5, 0.6) is 0 Å². The molecule has 0 aliphatic heterocycles. The van der Waals surface area contributed by atoms with Gasteiger partial charge in [0.15, 0.2) is 0 Å². The Hall–Kier alpha value is -0.940. The van der Waals surface area contributed by atoms with Crippen LogP contribution in [0.2, 0.25) is 0 Å². The highest BCUT2D eigenvalue weighted by Crippen LogP contribution is 2.23. The summed E-state index contributed by atoms with van der Waals surface area (Å²) in [4.78, 5) is 4.16. The third-order valence-corrected chi connectivity index (χ3v) is 2.85. The van der Waals surface area contributed by atoms with Crippen LogP contribution in [0.4, 0.5) is 0 Å². The summed E-state index contributed by atoms with van der Waals surface area (Å²) in [5, 5.41) is 7.47. The van der Waals surface area contributed by atoms with Crippen LogP contribution < -0.4 is 5.32 Å². The maximum absolute atomic E-state index is 5.50. The number of aryl methyl sites for hydroxylation is 1. The summed E-state index contributed by atoms with van der Waals surface area (Å²) in [7, 11) is 1.91. The number of ether oxygens (including phenoxy) is 1. The average molecular weight is 210 g/mol. The molecule has 0 amide bonds. The zero-order chi connectivity index (χ0) is 10.7. The lowest BCUT2D eigenvalue weighted by atomic mass is 9.89. The van der Waals surface area contributed by atoms with E-state index in [2.05, 4.69) is 15.4 Å². The fraction of sp³-hybridized carbons (Fsp3) is 0.800. The number of rotatable bonds is 5. The Labute approximate surface area is 89.8 Å². The van der Waals surface area contributed by atoms with Gasteiger partial charge in [-0.25, -0.2) is 4.98 Å². The van der Waals surface area contributed by atoms with Crippen LogP contribution in [0.15, 0.2) is 6.33 Å². The topological polar surface area (TPSA) is 52.0 Å². The van der Waals surface area contributed by atoms with E-state index in [0.29, 0.717) is 12.1 Å². The number of nitrogens with one attached hydrogen (secondary N) is 1.